The fourth-order valence-corrected chi connectivity index (χ4v) is 2.74. The van der Waals surface area contributed by atoms with Crippen LogP contribution in [0.3, 0.4) is 0 Å². The van der Waals surface area contributed by atoms with E-state index in [1.54, 1.807) is 11.0 Å². The van der Waals surface area contributed by atoms with Crippen molar-refractivity contribution in [3.63, 3.8) is 0 Å². The molecule has 5 heteroatoms. The van der Waals surface area contributed by atoms with Crippen molar-refractivity contribution in [1.29, 1.82) is 5.26 Å². The molecule has 0 aliphatic rings. The fraction of sp³-hybridized carbons (Fsp3) is 0.211. The van der Waals surface area contributed by atoms with Gasteiger partial charge in [0.1, 0.15) is 12.7 Å². The highest BCUT2D eigenvalue weighted by molar-refractivity contribution is 6.30. The van der Waals surface area contributed by atoms with Gasteiger partial charge in [0.2, 0.25) is 0 Å². The van der Waals surface area contributed by atoms with Crippen LogP contribution in [0.2, 0.25) is 5.02 Å². The molecule has 1 heterocycles. The molecule has 0 unspecified atom stereocenters. The van der Waals surface area contributed by atoms with Crippen LogP contribution >= 0.6 is 11.6 Å². The largest absolute Gasteiger partial charge is 0.249 e. The second kappa shape index (κ2) is 6.46. The van der Waals surface area contributed by atoms with E-state index in [-0.39, 0.29) is 0 Å². The summed E-state index contributed by atoms with van der Waals surface area (Å²) in [5.74, 6) is 0. The van der Waals surface area contributed by atoms with Crippen molar-refractivity contribution < 1.29 is 0 Å². The van der Waals surface area contributed by atoms with Gasteiger partial charge in [-0.25, -0.2) is 9.67 Å². The zero-order valence-electron chi connectivity index (χ0n) is 13.6. The Balaban J connectivity index is 2.11. The Morgan fingerprint density at radius 1 is 1.17 bits per heavy atom. The van der Waals surface area contributed by atoms with Crippen LogP contribution in [0, 0.1) is 11.3 Å². The molecule has 120 valence electrons. The Kier molecular flexibility index (Phi) is 4.37. The first-order valence-electron chi connectivity index (χ1n) is 7.62. The van der Waals surface area contributed by atoms with Gasteiger partial charge in [-0.2, -0.15) is 10.4 Å². The summed E-state index contributed by atoms with van der Waals surface area (Å²) in [7, 11) is 0. The van der Waals surface area contributed by atoms with Gasteiger partial charge in [-0.3, -0.25) is 0 Å². The summed E-state index contributed by atoms with van der Waals surface area (Å²) in [5, 5.41) is 14.4. The van der Waals surface area contributed by atoms with E-state index < -0.39 is 5.41 Å². The molecule has 1 aromatic heterocycles. The van der Waals surface area contributed by atoms with Gasteiger partial charge in [0, 0.05) is 5.02 Å². The fourth-order valence-electron chi connectivity index (χ4n) is 2.54. The van der Waals surface area contributed by atoms with Gasteiger partial charge in [-0.1, -0.05) is 29.8 Å². The minimum Gasteiger partial charge on any atom is -0.249 e. The van der Waals surface area contributed by atoms with Crippen LogP contribution < -0.4 is 0 Å². The van der Waals surface area contributed by atoms with E-state index in [0.717, 1.165) is 22.3 Å². The maximum absolute atomic E-state index is 9.50. The Morgan fingerprint density at radius 3 is 2.67 bits per heavy atom. The highest BCUT2D eigenvalue weighted by Gasteiger charge is 2.21. The van der Waals surface area contributed by atoms with Crippen LogP contribution in [0.4, 0.5) is 0 Å². The van der Waals surface area contributed by atoms with Crippen LogP contribution in [0.5, 0.6) is 0 Å². The van der Waals surface area contributed by atoms with Gasteiger partial charge in [0.25, 0.3) is 0 Å². The second-order valence-electron chi connectivity index (χ2n) is 6.26. The van der Waals surface area contributed by atoms with Gasteiger partial charge < -0.3 is 0 Å². The lowest BCUT2D eigenvalue weighted by Crippen LogP contribution is -2.15. The zero-order valence-corrected chi connectivity index (χ0v) is 14.3. The van der Waals surface area contributed by atoms with Gasteiger partial charge in [0.05, 0.1) is 18.0 Å². The lowest BCUT2D eigenvalue weighted by Gasteiger charge is -2.19. The maximum atomic E-state index is 9.50. The molecule has 0 aliphatic carbocycles. The van der Waals surface area contributed by atoms with Gasteiger partial charge in [-0.15, -0.1) is 0 Å². The van der Waals surface area contributed by atoms with Crippen LogP contribution in [-0.4, -0.2) is 14.8 Å². The molecule has 0 saturated heterocycles. The number of nitrogens with zero attached hydrogens (tertiary/aromatic N) is 4. The standard InChI is InChI=1S/C19H17ClN4/c1-19(2,11-21)17-7-14(10-24-13-22-12-23-24)6-16(8-17)15-4-3-5-18(20)9-15/h3-9,12-13H,10H2,1-2H3. The first-order valence-corrected chi connectivity index (χ1v) is 8.00. The molecule has 24 heavy (non-hydrogen) atoms. The molecule has 0 bridgehead atoms. The second-order valence-corrected chi connectivity index (χ2v) is 6.70. The third kappa shape index (κ3) is 3.47. The minimum atomic E-state index is -0.578. The normalized spacial score (nSPS) is 11.2. The van der Waals surface area contributed by atoms with Crippen molar-refractivity contribution in [2.75, 3.05) is 0 Å². The minimum absolute atomic E-state index is 0.578. The summed E-state index contributed by atoms with van der Waals surface area (Å²) in [4.78, 5) is 3.98. The van der Waals surface area contributed by atoms with E-state index in [2.05, 4.69) is 34.4 Å². The van der Waals surface area contributed by atoms with Crippen molar-refractivity contribution >= 4 is 11.6 Å². The first-order chi connectivity index (χ1) is 11.5. The van der Waals surface area contributed by atoms with Crippen LogP contribution in [0.1, 0.15) is 25.0 Å². The molecule has 0 radical (unpaired) electrons. The van der Waals surface area contributed by atoms with E-state index in [0.29, 0.717) is 11.6 Å². The molecule has 2 aromatic carbocycles. The average molecular weight is 337 g/mol. The van der Waals surface area contributed by atoms with Crippen molar-refractivity contribution in [2.45, 2.75) is 25.8 Å². The molecule has 0 N–H and O–H groups in total. The third-order valence-corrected chi connectivity index (χ3v) is 4.20. The van der Waals surface area contributed by atoms with E-state index in [1.807, 2.05) is 38.1 Å². The summed E-state index contributed by atoms with van der Waals surface area (Å²) in [6, 6.07) is 16.3. The Hall–Kier alpha value is -2.64. The van der Waals surface area contributed by atoms with Crippen LogP contribution in [0.25, 0.3) is 11.1 Å². The summed E-state index contributed by atoms with van der Waals surface area (Å²) in [5.41, 5.74) is 3.52. The molecule has 0 saturated carbocycles. The van der Waals surface area contributed by atoms with E-state index >= 15 is 0 Å². The molecule has 0 amide bonds. The molecular weight excluding hydrogens is 320 g/mol. The predicted molar refractivity (Wildman–Crippen MR) is 94.7 cm³/mol. The highest BCUT2D eigenvalue weighted by Crippen LogP contribution is 2.30. The van der Waals surface area contributed by atoms with Gasteiger partial charge in [0.15, 0.2) is 0 Å². The molecule has 0 atom stereocenters. The summed E-state index contributed by atoms with van der Waals surface area (Å²) < 4.78 is 1.76. The Labute approximate surface area is 146 Å². The molecule has 3 rings (SSSR count). The van der Waals surface area contributed by atoms with Crippen molar-refractivity contribution in [3.8, 4) is 17.2 Å². The molecule has 0 aliphatic heterocycles. The SMILES string of the molecule is CC(C)(C#N)c1cc(Cn2cncn2)cc(-c2cccc(Cl)c2)c1. The molecule has 0 fully saturated rings. The van der Waals surface area contributed by atoms with Crippen molar-refractivity contribution in [2.24, 2.45) is 0 Å². The van der Waals surface area contributed by atoms with Crippen molar-refractivity contribution in [3.05, 3.63) is 71.3 Å². The summed E-state index contributed by atoms with van der Waals surface area (Å²) >= 11 is 6.13. The maximum Gasteiger partial charge on any atom is 0.137 e. The molecule has 4 nitrogen and oxygen atoms in total. The van der Waals surface area contributed by atoms with Gasteiger partial charge >= 0.3 is 0 Å². The predicted octanol–water partition coefficient (Wildman–Crippen LogP) is 4.45. The summed E-state index contributed by atoms with van der Waals surface area (Å²) in [6.07, 6.45) is 3.20. The molecular formula is C19H17ClN4. The monoisotopic (exact) mass is 336 g/mol. The number of aromatic nitrogens is 3. The Bertz CT molecular complexity index is 892. The van der Waals surface area contributed by atoms with Crippen LogP contribution in [0.15, 0.2) is 55.1 Å². The van der Waals surface area contributed by atoms with E-state index in [4.69, 9.17) is 11.6 Å². The topological polar surface area (TPSA) is 54.5 Å². The lowest BCUT2D eigenvalue weighted by atomic mass is 9.83. The lowest BCUT2D eigenvalue weighted by molar-refractivity contribution is 0.668. The Morgan fingerprint density at radius 2 is 2.00 bits per heavy atom. The third-order valence-electron chi connectivity index (χ3n) is 3.96. The molecule has 3 aromatic rings. The van der Waals surface area contributed by atoms with E-state index in [1.165, 1.54) is 6.33 Å². The number of hydrogen-bond acceptors (Lipinski definition) is 3. The quantitative estimate of drug-likeness (QED) is 0.707. The van der Waals surface area contributed by atoms with Crippen LogP contribution in [-0.2, 0) is 12.0 Å². The number of benzene rings is 2. The average Bonchev–Trinajstić information content (AvgIpc) is 3.07. The highest BCUT2D eigenvalue weighted by atomic mass is 35.5. The van der Waals surface area contributed by atoms with Gasteiger partial charge in [-0.05, 0) is 60.4 Å². The zero-order chi connectivity index (χ0) is 17.2. The van der Waals surface area contributed by atoms with Crippen molar-refractivity contribution in [1.82, 2.24) is 14.8 Å². The smallest absolute Gasteiger partial charge is 0.137 e. The first kappa shape index (κ1) is 16.2. The number of hydrogen-bond donors (Lipinski definition) is 0. The van der Waals surface area contributed by atoms with E-state index in [9.17, 15) is 5.26 Å². The number of rotatable bonds is 4. The number of halogens is 1. The number of nitriles is 1. The summed E-state index contributed by atoms with van der Waals surface area (Å²) in [6.45, 7) is 4.44. The molecule has 0 spiro atoms.